The third-order valence-electron chi connectivity index (χ3n) is 4.69. The van der Waals surface area contributed by atoms with Crippen molar-refractivity contribution in [2.75, 3.05) is 6.54 Å². The molecule has 0 saturated carbocycles. The summed E-state index contributed by atoms with van der Waals surface area (Å²) in [7, 11) is 0. The summed E-state index contributed by atoms with van der Waals surface area (Å²) >= 11 is 6.35. The molecular formula is C22H27ClN2. The van der Waals surface area contributed by atoms with E-state index >= 15 is 0 Å². The molecule has 0 fully saturated rings. The van der Waals surface area contributed by atoms with E-state index in [1.807, 2.05) is 18.2 Å². The Hall–Kier alpha value is -1.77. The molecule has 0 bridgehead atoms. The zero-order valence-corrected chi connectivity index (χ0v) is 15.7. The van der Waals surface area contributed by atoms with Crippen LogP contribution in [0.15, 0.2) is 54.7 Å². The van der Waals surface area contributed by atoms with Crippen LogP contribution in [0.2, 0.25) is 5.02 Å². The van der Waals surface area contributed by atoms with E-state index in [-0.39, 0.29) is 0 Å². The fraction of sp³-hybridized carbons (Fsp3) is 0.364. The number of rotatable bonds is 9. The van der Waals surface area contributed by atoms with Gasteiger partial charge in [0.1, 0.15) is 0 Å². The molecule has 0 aliphatic rings. The number of fused-ring (bicyclic) bond motifs is 1. The lowest BCUT2D eigenvalue weighted by atomic mass is 10.1. The van der Waals surface area contributed by atoms with Crippen LogP contribution in [0.3, 0.4) is 0 Å². The van der Waals surface area contributed by atoms with Crippen LogP contribution in [-0.2, 0) is 13.1 Å². The molecular weight excluding hydrogens is 328 g/mol. The van der Waals surface area contributed by atoms with E-state index in [9.17, 15) is 0 Å². The highest BCUT2D eigenvalue weighted by atomic mass is 35.5. The van der Waals surface area contributed by atoms with E-state index in [1.54, 1.807) is 0 Å². The number of nitrogens with zero attached hydrogens (tertiary/aromatic N) is 1. The van der Waals surface area contributed by atoms with Crippen LogP contribution in [0.25, 0.3) is 10.9 Å². The first-order chi connectivity index (χ1) is 12.3. The minimum atomic E-state index is 0.802. The number of benzene rings is 2. The Morgan fingerprint density at radius 3 is 2.56 bits per heavy atom. The van der Waals surface area contributed by atoms with Crippen molar-refractivity contribution in [1.29, 1.82) is 0 Å². The molecule has 0 amide bonds. The van der Waals surface area contributed by atoms with Gasteiger partial charge < -0.3 is 9.88 Å². The molecule has 3 aromatic rings. The van der Waals surface area contributed by atoms with E-state index in [4.69, 9.17) is 11.6 Å². The first-order valence-electron chi connectivity index (χ1n) is 9.30. The number of hydrogen-bond acceptors (Lipinski definition) is 1. The third kappa shape index (κ3) is 4.65. The highest BCUT2D eigenvalue weighted by molar-refractivity contribution is 6.31. The van der Waals surface area contributed by atoms with Crippen LogP contribution in [0.1, 0.15) is 43.7 Å². The molecule has 0 atom stereocenters. The maximum atomic E-state index is 6.35. The minimum Gasteiger partial charge on any atom is -0.343 e. The van der Waals surface area contributed by atoms with E-state index in [2.05, 4.69) is 53.3 Å². The number of halogens is 1. The summed E-state index contributed by atoms with van der Waals surface area (Å²) in [6.45, 7) is 5.06. The van der Waals surface area contributed by atoms with Crippen molar-refractivity contribution in [3.05, 3.63) is 70.9 Å². The van der Waals surface area contributed by atoms with Gasteiger partial charge in [-0.2, -0.15) is 0 Å². The summed E-state index contributed by atoms with van der Waals surface area (Å²) in [5.41, 5.74) is 3.78. The Balaban J connectivity index is 1.73. The fourth-order valence-corrected chi connectivity index (χ4v) is 3.50. The smallest absolute Gasteiger partial charge is 0.0491 e. The lowest BCUT2D eigenvalue weighted by molar-refractivity contribution is 0.598. The second-order valence-corrected chi connectivity index (χ2v) is 7.04. The number of unbranched alkanes of at least 4 members (excludes halogenated alkanes) is 3. The normalized spacial score (nSPS) is 11.3. The van der Waals surface area contributed by atoms with Crippen molar-refractivity contribution < 1.29 is 0 Å². The molecule has 0 unspecified atom stereocenters. The van der Waals surface area contributed by atoms with Gasteiger partial charge in [0.15, 0.2) is 0 Å². The van der Waals surface area contributed by atoms with Crippen molar-refractivity contribution in [3.8, 4) is 0 Å². The summed E-state index contributed by atoms with van der Waals surface area (Å²) in [6.07, 6.45) is 7.46. The topological polar surface area (TPSA) is 17.0 Å². The van der Waals surface area contributed by atoms with Crippen LogP contribution < -0.4 is 5.32 Å². The largest absolute Gasteiger partial charge is 0.343 e. The third-order valence-corrected chi connectivity index (χ3v) is 5.06. The molecule has 2 aromatic carbocycles. The molecule has 0 aliphatic carbocycles. The van der Waals surface area contributed by atoms with Gasteiger partial charge in [-0.15, -0.1) is 0 Å². The summed E-state index contributed by atoms with van der Waals surface area (Å²) in [4.78, 5) is 0. The van der Waals surface area contributed by atoms with Crippen molar-refractivity contribution >= 4 is 22.5 Å². The molecule has 1 aromatic heterocycles. The first-order valence-corrected chi connectivity index (χ1v) is 9.68. The van der Waals surface area contributed by atoms with Crippen LogP contribution in [0.5, 0.6) is 0 Å². The fourth-order valence-electron chi connectivity index (χ4n) is 3.30. The van der Waals surface area contributed by atoms with E-state index in [0.717, 1.165) is 30.2 Å². The van der Waals surface area contributed by atoms with Crippen LogP contribution in [0, 0.1) is 0 Å². The predicted octanol–water partition coefficient (Wildman–Crippen LogP) is 6.01. The highest BCUT2D eigenvalue weighted by Gasteiger charge is 2.09. The molecule has 0 aliphatic heterocycles. The first kappa shape index (κ1) is 18.0. The summed E-state index contributed by atoms with van der Waals surface area (Å²) in [5, 5.41) is 5.76. The van der Waals surface area contributed by atoms with Gasteiger partial charge >= 0.3 is 0 Å². The average molecular weight is 355 g/mol. The number of para-hydroxylation sites is 1. The van der Waals surface area contributed by atoms with Crippen molar-refractivity contribution in [2.24, 2.45) is 0 Å². The minimum absolute atomic E-state index is 0.802. The zero-order valence-electron chi connectivity index (χ0n) is 15.0. The molecule has 132 valence electrons. The monoisotopic (exact) mass is 354 g/mol. The van der Waals surface area contributed by atoms with E-state index < -0.39 is 0 Å². The van der Waals surface area contributed by atoms with Gasteiger partial charge in [0, 0.05) is 35.2 Å². The second-order valence-electron chi connectivity index (χ2n) is 6.63. The van der Waals surface area contributed by atoms with Gasteiger partial charge in [-0.1, -0.05) is 74.2 Å². The van der Waals surface area contributed by atoms with Gasteiger partial charge in [0.25, 0.3) is 0 Å². The molecule has 2 nitrogen and oxygen atoms in total. The number of nitrogens with one attached hydrogen (secondary N) is 1. The molecule has 1 N–H and O–H groups in total. The Labute approximate surface area is 155 Å². The second kappa shape index (κ2) is 9.07. The molecule has 3 heteroatoms. The van der Waals surface area contributed by atoms with Crippen LogP contribution in [-0.4, -0.2) is 11.1 Å². The Morgan fingerprint density at radius 2 is 1.72 bits per heavy atom. The van der Waals surface area contributed by atoms with E-state index in [1.165, 1.54) is 42.1 Å². The lowest BCUT2D eigenvalue weighted by Gasteiger charge is -2.07. The zero-order chi connectivity index (χ0) is 17.5. The van der Waals surface area contributed by atoms with Crippen LogP contribution >= 0.6 is 11.6 Å². The Kier molecular flexibility index (Phi) is 6.55. The van der Waals surface area contributed by atoms with Crippen molar-refractivity contribution in [1.82, 2.24) is 9.88 Å². The molecule has 0 saturated heterocycles. The van der Waals surface area contributed by atoms with Gasteiger partial charge in [-0.25, -0.2) is 0 Å². The number of aromatic nitrogens is 1. The summed E-state index contributed by atoms with van der Waals surface area (Å²) < 4.78 is 2.31. The standard InChI is InChI=1S/C22H27ClN2/c1-2-3-4-9-14-24-15-19-17-25(22-13-8-6-11-20(19)22)16-18-10-5-7-12-21(18)23/h5-8,10-13,17,24H,2-4,9,14-16H2,1H3. The van der Waals surface area contributed by atoms with Crippen LogP contribution in [0.4, 0.5) is 0 Å². The van der Waals surface area contributed by atoms with Gasteiger partial charge in [-0.3, -0.25) is 0 Å². The Morgan fingerprint density at radius 1 is 0.920 bits per heavy atom. The van der Waals surface area contributed by atoms with Gasteiger partial charge in [0.2, 0.25) is 0 Å². The maximum absolute atomic E-state index is 6.35. The molecule has 1 heterocycles. The van der Waals surface area contributed by atoms with Crippen molar-refractivity contribution in [3.63, 3.8) is 0 Å². The lowest BCUT2D eigenvalue weighted by Crippen LogP contribution is -2.14. The highest BCUT2D eigenvalue weighted by Crippen LogP contribution is 2.24. The van der Waals surface area contributed by atoms with E-state index in [0.29, 0.717) is 0 Å². The quantitative estimate of drug-likeness (QED) is 0.465. The average Bonchev–Trinajstić information content (AvgIpc) is 2.98. The molecule has 0 spiro atoms. The van der Waals surface area contributed by atoms with Crippen molar-refractivity contribution in [2.45, 2.75) is 45.7 Å². The SMILES string of the molecule is CCCCCCNCc1cn(Cc2ccccc2Cl)c2ccccc12. The Bertz CT molecular complexity index is 807. The molecule has 25 heavy (non-hydrogen) atoms. The maximum Gasteiger partial charge on any atom is 0.0491 e. The molecule has 3 rings (SSSR count). The molecule has 0 radical (unpaired) electrons. The summed E-state index contributed by atoms with van der Waals surface area (Å²) in [5.74, 6) is 0. The van der Waals surface area contributed by atoms with Gasteiger partial charge in [0.05, 0.1) is 0 Å². The number of hydrogen-bond donors (Lipinski definition) is 1. The summed E-state index contributed by atoms with van der Waals surface area (Å²) in [6, 6.07) is 16.7. The van der Waals surface area contributed by atoms with Gasteiger partial charge in [-0.05, 0) is 36.2 Å². The predicted molar refractivity (Wildman–Crippen MR) is 108 cm³/mol.